The molecule has 2 heterocycles. The van der Waals surface area contributed by atoms with Crippen molar-refractivity contribution in [1.29, 1.82) is 0 Å². The summed E-state index contributed by atoms with van der Waals surface area (Å²) in [4.78, 5) is 4.27. The molecule has 3 rings (SSSR count). The molecule has 0 radical (unpaired) electrons. The molecule has 0 atom stereocenters. The summed E-state index contributed by atoms with van der Waals surface area (Å²) in [6, 6.07) is 11.3. The van der Waals surface area contributed by atoms with Crippen molar-refractivity contribution < 1.29 is 14.2 Å². The number of hydrogen-bond acceptors (Lipinski definition) is 6. The highest BCUT2D eigenvalue weighted by molar-refractivity contribution is 5.44. The molecule has 0 amide bonds. The summed E-state index contributed by atoms with van der Waals surface area (Å²) in [6.07, 6.45) is 0. The molecule has 104 valence electrons. The normalized spacial score (nSPS) is 12.4. The van der Waals surface area contributed by atoms with Gasteiger partial charge in [0.1, 0.15) is 5.82 Å². The molecule has 6 nitrogen and oxygen atoms in total. The summed E-state index contributed by atoms with van der Waals surface area (Å²) in [5.41, 5.74) is 4.36. The van der Waals surface area contributed by atoms with Gasteiger partial charge in [-0.3, -0.25) is 0 Å². The van der Waals surface area contributed by atoms with Crippen molar-refractivity contribution in [2.75, 3.05) is 12.2 Å². The predicted octanol–water partition coefficient (Wildman–Crippen LogP) is 1.81. The molecule has 1 aromatic heterocycles. The molecule has 0 unspecified atom stereocenters. The molecule has 0 fully saturated rings. The third-order valence-corrected chi connectivity index (χ3v) is 2.91. The van der Waals surface area contributed by atoms with E-state index in [2.05, 4.69) is 10.4 Å². The van der Waals surface area contributed by atoms with Crippen LogP contribution in [0.2, 0.25) is 0 Å². The molecule has 1 aromatic carbocycles. The van der Waals surface area contributed by atoms with E-state index in [9.17, 15) is 0 Å². The smallest absolute Gasteiger partial charge is 0.231 e. The van der Waals surface area contributed by atoms with Crippen molar-refractivity contribution in [2.45, 2.75) is 13.2 Å². The van der Waals surface area contributed by atoms with Gasteiger partial charge in [-0.25, -0.2) is 10.8 Å². The molecular weight excluding hydrogens is 258 g/mol. The molecular formula is C14H15N3O3. The van der Waals surface area contributed by atoms with E-state index >= 15 is 0 Å². The van der Waals surface area contributed by atoms with Gasteiger partial charge in [-0.05, 0) is 29.8 Å². The maximum absolute atomic E-state index is 5.64. The number of nitrogen functional groups attached to an aromatic ring is 1. The van der Waals surface area contributed by atoms with E-state index in [0.717, 1.165) is 22.8 Å². The zero-order valence-electron chi connectivity index (χ0n) is 10.8. The first kappa shape index (κ1) is 12.7. The first-order valence-corrected chi connectivity index (χ1v) is 6.24. The second-order valence-electron chi connectivity index (χ2n) is 4.34. The SMILES string of the molecule is NNc1cccc(COCc2ccc3c(c2)OCO3)n1. The monoisotopic (exact) mass is 273 g/mol. The van der Waals surface area contributed by atoms with E-state index in [1.807, 2.05) is 30.3 Å². The maximum Gasteiger partial charge on any atom is 0.231 e. The van der Waals surface area contributed by atoms with Crippen molar-refractivity contribution in [3.63, 3.8) is 0 Å². The zero-order valence-corrected chi connectivity index (χ0v) is 10.8. The Kier molecular flexibility index (Phi) is 3.67. The number of rotatable bonds is 5. The molecule has 1 aliphatic rings. The summed E-state index contributed by atoms with van der Waals surface area (Å²) in [5, 5.41) is 0. The van der Waals surface area contributed by atoms with Gasteiger partial charge in [0, 0.05) is 0 Å². The number of nitrogens with two attached hydrogens (primary N) is 1. The van der Waals surface area contributed by atoms with E-state index < -0.39 is 0 Å². The highest BCUT2D eigenvalue weighted by atomic mass is 16.7. The fourth-order valence-electron chi connectivity index (χ4n) is 1.94. The number of hydrazine groups is 1. The van der Waals surface area contributed by atoms with Crippen LogP contribution in [0.25, 0.3) is 0 Å². The highest BCUT2D eigenvalue weighted by Gasteiger charge is 2.13. The maximum atomic E-state index is 5.64. The van der Waals surface area contributed by atoms with Gasteiger partial charge in [0.05, 0.1) is 18.9 Å². The topological polar surface area (TPSA) is 78.6 Å². The molecule has 6 heteroatoms. The van der Waals surface area contributed by atoms with E-state index in [1.165, 1.54) is 0 Å². The van der Waals surface area contributed by atoms with Crippen molar-refractivity contribution in [3.8, 4) is 11.5 Å². The molecule has 0 aliphatic carbocycles. The van der Waals surface area contributed by atoms with E-state index in [4.69, 9.17) is 20.1 Å². The number of fused-ring (bicyclic) bond motifs is 1. The quantitative estimate of drug-likeness (QED) is 0.639. The molecule has 0 bridgehead atoms. The van der Waals surface area contributed by atoms with Gasteiger partial charge in [0.2, 0.25) is 6.79 Å². The van der Waals surface area contributed by atoms with Gasteiger partial charge in [-0.2, -0.15) is 0 Å². The van der Waals surface area contributed by atoms with Crippen LogP contribution in [0.1, 0.15) is 11.3 Å². The van der Waals surface area contributed by atoms with Gasteiger partial charge in [-0.1, -0.05) is 12.1 Å². The van der Waals surface area contributed by atoms with E-state index in [-0.39, 0.29) is 6.79 Å². The van der Waals surface area contributed by atoms with Crippen LogP contribution in [0.4, 0.5) is 5.82 Å². The molecule has 2 aromatic rings. The van der Waals surface area contributed by atoms with Gasteiger partial charge in [0.25, 0.3) is 0 Å². The Balaban J connectivity index is 1.57. The zero-order chi connectivity index (χ0) is 13.8. The highest BCUT2D eigenvalue weighted by Crippen LogP contribution is 2.32. The van der Waals surface area contributed by atoms with Gasteiger partial charge >= 0.3 is 0 Å². The lowest BCUT2D eigenvalue weighted by atomic mass is 10.2. The van der Waals surface area contributed by atoms with E-state index in [1.54, 1.807) is 6.07 Å². The summed E-state index contributed by atoms with van der Waals surface area (Å²) < 4.78 is 16.2. The lowest BCUT2D eigenvalue weighted by molar-refractivity contribution is 0.104. The Morgan fingerprint density at radius 1 is 1.15 bits per heavy atom. The lowest BCUT2D eigenvalue weighted by Crippen LogP contribution is -2.09. The molecule has 20 heavy (non-hydrogen) atoms. The number of nitrogens with zero attached hydrogens (tertiary/aromatic N) is 1. The molecule has 3 N–H and O–H groups in total. The van der Waals surface area contributed by atoms with E-state index in [0.29, 0.717) is 19.0 Å². The first-order chi connectivity index (χ1) is 9.85. The minimum absolute atomic E-state index is 0.280. The Labute approximate surface area is 116 Å². The van der Waals surface area contributed by atoms with Crippen molar-refractivity contribution in [1.82, 2.24) is 4.98 Å². The number of benzene rings is 1. The third-order valence-electron chi connectivity index (χ3n) is 2.91. The fourth-order valence-corrected chi connectivity index (χ4v) is 1.94. The van der Waals surface area contributed by atoms with Crippen molar-refractivity contribution in [2.24, 2.45) is 5.84 Å². The Hall–Kier alpha value is -2.31. The van der Waals surface area contributed by atoms with Crippen LogP contribution in [-0.2, 0) is 18.0 Å². The fraction of sp³-hybridized carbons (Fsp3) is 0.214. The van der Waals surface area contributed by atoms with Crippen LogP contribution in [0.3, 0.4) is 0 Å². The number of hydrogen-bond donors (Lipinski definition) is 2. The number of anilines is 1. The minimum Gasteiger partial charge on any atom is -0.454 e. The van der Waals surface area contributed by atoms with Gasteiger partial charge in [-0.15, -0.1) is 0 Å². The van der Waals surface area contributed by atoms with Crippen LogP contribution in [0.5, 0.6) is 11.5 Å². The average Bonchev–Trinajstić information content (AvgIpc) is 2.95. The Morgan fingerprint density at radius 3 is 2.95 bits per heavy atom. The van der Waals surface area contributed by atoms with Crippen molar-refractivity contribution in [3.05, 3.63) is 47.7 Å². The summed E-state index contributed by atoms with van der Waals surface area (Å²) in [5.74, 6) is 7.47. The predicted molar refractivity (Wildman–Crippen MR) is 73.1 cm³/mol. The van der Waals surface area contributed by atoms with Crippen LogP contribution in [-0.4, -0.2) is 11.8 Å². The van der Waals surface area contributed by atoms with Crippen LogP contribution in [0.15, 0.2) is 36.4 Å². The Morgan fingerprint density at radius 2 is 2.05 bits per heavy atom. The molecule has 0 saturated carbocycles. The van der Waals surface area contributed by atoms with Crippen LogP contribution < -0.4 is 20.7 Å². The number of pyridine rings is 1. The molecule has 1 aliphatic heterocycles. The summed E-state index contributed by atoms with van der Waals surface area (Å²) in [7, 11) is 0. The standard InChI is InChI=1S/C14H15N3O3/c15-17-14-3-1-2-11(16-14)8-18-7-10-4-5-12-13(6-10)20-9-19-12/h1-6H,7-9,15H2,(H,16,17). The number of ether oxygens (including phenoxy) is 3. The summed E-state index contributed by atoms with van der Waals surface area (Å²) >= 11 is 0. The Bertz CT molecular complexity index is 604. The van der Waals surface area contributed by atoms with Crippen LogP contribution in [0, 0.1) is 0 Å². The first-order valence-electron chi connectivity index (χ1n) is 6.24. The number of aromatic nitrogens is 1. The largest absolute Gasteiger partial charge is 0.454 e. The van der Waals surface area contributed by atoms with Crippen LogP contribution >= 0.6 is 0 Å². The average molecular weight is 273 g/mol. The van der Waals surface area contributed by atoms with Gasteiger partial charge < -0.3 is 19.6 Å². The number of nitrogens with one attached hydrogen (secondary N) is 1. The lowest BCUT2D eigenvalue weighted by Gasteiger charge is -2.06. The van der Waals surface area contributed by atoms with Crippen molar-refractivity contribution >= 4 is 5.82 Å². The third kappa shape index (κ3) is 2.81. The second kappa shape index (κ2) is 5.77. The van der Waals surface area contributed by atoms with Gasteiger partial charge in [0.15, 0.2) is 11.5 Å². The molecule has 0 spiro atoms. The molecule has 0 saturated heterocycles. The second-order valence-corrected chi connectivity index (χ2v) is 4.34. The minimum atomic E-state index is 0.280. The summed E-state index contributed by atoms with van der Waals surface area (Å²) in [6.45, 7) is 1.19.